The highest BCUT2D eigenvalue weighted by Gasteiger charge is 2.47. The summed E-state index contributed by atoms with van der Waals surface area (Å²) in [5, 5.41) is 1.10. The number of sulfone groups is 1. The molecule has 0 radical (unpaired) electrons. The second-order valence-corrected chi connectivity index (χ2v) is 10.5. The fourth-order valence-corrected chi connectivity index (χ4v) is 6.66. The largest absolute Gasteiger partial charge is 0.378 e. The number of benzene rings is 2. The Balaban J connectivity index is 1.51. The molecule has 0 bridgehead atoms. The van der Waals surface area contributed by atoms with E-state index < -0.39 is 15.2 Å². The van der Waals surface area contributed by atoms with E-state index in [1.807, 2.05) is 36.4 Å². The van der Waals surface area contributed by atoms with Crippen molar-refractivity contribution in [2.24, 2.45) is 5.92 Å². The smallest absolute Gasteiger partial charge is 0.196 e. The van der Waals surface area contributed by atoms with Crippen molar-refractivity contribution in [2.75, 3.05) is 27.2 Å². The average Bonchev–Trinajstić information content (AvgIpc) is 3.15. The molecule has 4 unspecified atom stereocenters. The van der Waals surface area contributed by atoms with Gasteiger partial charge in [-0.25, -0.2) is 13.8 Å². The Bertz CT molecular complexity index is 942. The Kier molecular flexibility index (Phi) is 6.22. The van der Waals surface area contributed by atoms with Gasteiger partial charge in [0.2, 0.25) is 0 Å². The molecule has 1 aliphatic carbocycles. The predicted octanol–water partition coefficient (Wildman–Crippen LogP) is 2.55. The maximum Gasteiger partial charge on any atom is 0.196 e. The van der Waals surface area contributed by atoms with Crippen LogP contribution in [0.3, 0.4) is 0 Å². The maximum atomic E-state index is 13.6. The lowest BCUT2D eigenvalue weighted by atomic mass is 9.84. The van der Waals surface area contributed by atoms with Crippen LogP contribution in [0, 0.1) is 5.92 Å². The van der Waals surface area contributed by atoms with E-state index in [2.05, 4.69) is 29.8 Å². The predicted molar refractivity (Wildman–Crippen MR) is 115 cm³/mol. The summed E-state index contributed by atoms with van der Waals surface area (Å²) in [7, 11) is 0.587. The van der Waals surface area contributed by atoms with E-state index in [9.17, 15) is 8.42 Å². The number of ether oxygens (including phenoxy) is 1. The zero-order chi connectivity index (χ0) is 20.4. The molecule has 2 aliphatic rings. The zero-order valence-corrected chi connectivity index (χ0v) is 18.0. The monoisotopic (exact) mass is 417 g/mol. The van der Waals surface area contributed by atoms with E-state index in [1.54, 1.807) is 6.07 Å². The van der Waals surface area contributed by atoms with Crippen molar-refractivity contribution >= 4 is 20.6 Å². The van der Waals surface area contributed by atoms with Crippen LogP contribution in [0.1, 0.15) is 25.7 Å². The third kappa shape index (κ3) is 4.34. The molecule has 2 fully saturated rings. The summed E-state index contributed by atoms with van der Waals surface area (Å²) in [6.45, 7) is 1.72. The molecule has 158 valence electrons. The van der Waals surface area contributed by atoms with Gasteiger partial charge in [0.15, 0.2) is 9.84 Å². The van der Waals surface area contributed by atoms with Crippen LogP contribution in [0.5, 0.6) is 0 Å². The minimum absolute atomic E-state index is 0.00608. The van der Waals surface area contributed by atoms with Crippen molar-refractivity contribution in [3.05, 3.63) is 42.5 Å². The number of hydrogen-bond donors (Lipinski definition) is 2. The first kappa shape index (κ1) is 20.8. The zero-order valence-electron chi connectivity index (χ0n) is 17.2. The Labute approximate surface area is 173 Å². The molecular weight excluding hydrogens is 386 g/mol. The summed E-state index contributed by atoms with van der Waals surface area (Å²) in [4.78, 5) is 2.56. The number of nitrogens with zero attached hydrogens (tertiary/aromatic N) is 1. The van der Waals surface area contributed by atoms with E-state index in [4.69, 9.17) is 4.74 Å². The van der Waals surface area contributed by atoms with Crippen molar-refractivity contribution in [2.45, 2.75) is 48.1 Å². The Hall–Kier alpha value is -1.51. The fourth-order valence-electron chi connectivity index (χ4n) is 4.65. The minimum Gasteiger partial charge on any atom is -0.378 e. The SMILES string of the molecule is CN(C)CCCOC1CCC2NNC(S(=O)(=O)c3cccc4ccccc34)C2C1. The van der Waals surface area contributed by atoms with Crippen molar-refractivity contribution in [1.29, 1.82) is 0 Å². The lowest BCUT2D eigenvalue weighted by molar-refractivity contribution is 0.00777. The lowest BCUT2D eigenvalue weighted by Crippen LogP contribution is -2.40. The molecule has 1 heterocycles. The van der Waals surface area contributed by atoms with E-state index >= 15 is 0 Å². The first-order valence-electron chi connectivity index (χ1n) is 10.5. The number of fused-ring (bicyclic) bond motifs is 2. The number of nitrogens with one attached hydrogen (secondary N) is 2. The molecule has 0 amide bonds. The van der Waals surface area contributed by atoms with Crippen molar-refractivity contribution in [3.8, 4) is 0 Å². The maximum absolute atomic E-state index is 13.6. The summed E-state index contributed by atoms with van der Waals surface area (Å²) >= 11 is 0. The lowest BCUT2D eigenvalue weighted by Gasteiger charge is -2.33. The van der Waals surface area contributed by atoms with Crippen molar-refractivity contribution in [3.63, 3.8) is 0 Å². The summed E-state index contributed by atoms with van der Waals surface area (Å²) in [6.07, 6.45) is 3.79. The third-order valence-electron chi connectivity index (χ3n) is 6.15. The highest BCUT2D eigenvalue weighted by Crippen LogP contribution is 2.37. The van der Waals surface area contributed by atoms with Gasteiger partial charge in [0.25, 0.3) is 0 Å². The second-order valence-electron chi connectivity index (χ2n) is 8.46. The third-order valence-corrected chi connectivity index (χ3v) is 8.25. The number of hydrogen-bond acceptors (Lipinski definition) is 6. The quantitative estimate of drug-likeness (QED) is 0.675. The van der Waals surface area contributed by atoms with E-state index in [1.165, 1.54) is 0 Å². The highest BCUT2D eigenvalue weighted by atomic mass is 32.2. The molecule has 1 saturated carbocycles. The van der Waals surface area contributed by atoms with Gasteiger partial charge in [-0.2, -0.15) is 0 Å². The van der Waals surface area contributed by atoms with Gasteiger partial charge in [0.1, 0.15) is 5.37 Å². The standard InChI is InChI=1S/C22H31N3O3S/c1-25(2)13-6-14-28-17-11-12-20-19(15-17)22(24-23-20)29(26,27)21-10-5-8-16-7-3-4-9-18(16)21/h3-5,7-10,17,19-20,22-24H,6,11-15H2,1-2H3. The van der Waals surface area contributed by atoms with Crippen LogP contribution in [0.2, 0.25) is 0 Å². The molecule has 7 heteroatoms. The molecule has 1 aliphatic heterocycles. The molecule has 2 aromatic rings. The topological polar surface area (TPSA) is 70.7 Å². The van der Waals surface area contributed by atoms with Crippen LogP contribution in [0.4, 0.5) is 0 Å². The van der Waals surface area contributed by atoms with Crippen LogP contribution >= 0.6 is 0 Å². The van der Waals surface area contributed by atoms with Crippen LogP contribution < -0.4 is 10.9 Å². The van der Waals surface area contributed by atoms with Crippen LogP contribution in [-0.4, -0.2) is 58.1 Å². The van der Waals surface area contributed by atoms with Gasteiger partial charge in [-0.15, -0.1) is 0 Å². The summed E-state index contributed by atoms with van der Waals surface area (Å²) < 4.78 is 33.3. The average molecular weight is 418 g/mol. The molecule has 6 nitrogen and oxygen atoms in total. The second kappa shape index (κ2) is 8.70. The highest BCUT2D eigenvalue weighted by molar-refractivity contribution is 7.92. The first-order valence-corrected chi connectivity index (χ1v) is 12.0. The molecular formula is C22H31N3O3S. The van der Waals surface area contributed by atoms with E-state index in [0.29, 0.717) is 4.90 Å². The Morgan fingerprint density at radius 1 is 1.07 bits per heavy atom. The summed E-state index contributed by atoms with van der Waals surface area (Å²) in [5.74, 6) is 0.00608. The summed E-state index contributed by atoms with van der Waals surface area (Å²) in [6, 6.07) is 13.3. The van der Waals surface area contributed by atoms with Crippen LogP contribution in [0.15, 0.2) is 47.4 Å². The molecule has 0 spiro atoms. The van der Waals surface area contributed by atoms with E-state index in [-0.39, 0.29) is 18.1 Å². The number of rotatable bonds is 7. The van der Waals surface area contributed by atoms with Gasteiger partial charge < -0.3 is 9.64 Å². The van der Waals surface area contributed by atoms with Crippen LogP contribution in [-0.2, 0) is 14.6 Å². The van der Waals surface area contributed by atoms with Gasteiger partial charge in [-0.1, -0.05) is 36.4 Å². The Morgan fingerprint density at radius 2 is 1.86 bits per heavy atom. The normalized spacial score (nSPS) is 27.4. The molecule has 2 aromatic carbocycles. The molecule has 29 heavy (non-hydrogen) atoms. The summed E-state index contributed by atoms with van der Waals surface area (Å²) in [5.41, 5.74) is 6.35. The van der Waals surface area contributed by atoms with Crippen molar-refractivity contribution < 1.29 is 13.2 Å². The molecule has 4 atom stereocenters. The van der Waals surface area contributed by atoms with Gasteiger partial charge in [-0.05, 0) is 57.8 Å². The molecule has 4 rings (SSSR count). The molecule has 0 aromatic heterocycles. The number of hydrazine groups is 1. The molecule has 1 saturated heterocycles. The Morgan fingerprint density at radius 3 is 2.69 bits per heavy atom. The van der Waals surface area contributed by atoms with Crippen molar-refractivity contribution in [1.82, 2.24) is 15.8 Å². The fraction of sp³-hybridized carbons (Fsp3) is 0.545. The van der Waals surface area contributed by atoms with Crippen LogP contribution in [0.25, 0.3) is 10.8 Å². The first-order chi connectivity index (χ1) is 14.0. The van der Waals surface area contributed by atoms with Gasteiger partial charge in [0, 0.05) is 24.0 Å². The van der Waals surface area contributed by atoms with Gasteiger partial charge >= 0.3 is 0 Å². The minimum atomic E-state index is -3.53. The molecule has 2 N–H and O–H groups in total. The van der Waals surface area contributed by atoms with E-state index in [0.717, 1.165) is 49.6 Å². The van der Waals surface area contributed by atoms with Gasteiger partial charge in [-0.3, -0.25) is 5.43 Å². The van der Waals surface area contributed by atoms with Gasteiger partial charge in [0.05, 0.1) is 11.0 Å².